The highest BCUT2D eigenvalue weighted by atomic mass is 16.5. The largest absolute Gasteiger partial charge is 0.478 e. The van der Waals surface area contributed by atoms with Crippen LogP contribution in [0.15, 0.2) is 24.3 Å². The Morgan fingerprint density at radius 1 is 1.33 bits per heavy atom. The second-order valence-electron chi connectivity index (χ2n) is 4.80. The molecule has 6 nitrogen and oxygen atoms in total. The molecule has 0 aliphatic carbocycles. The normalized spacial score (nSPS) is 11.7. The summed E-state index contributed by atoms with van der Waals surface area (Å²) in [6.07, 6.45) is 1.22. The van der Waals surface area contributed by atoms with E-state index in [2.05, 4.69) is 10.6 Å². The molecule has 1 rings (SSSR count). The highest BCUT2D eigenvalue weighted by molar-refractivity contribution is 5.89. The Balaban J connectivity index is 2.37. The monoisotopic (exact) mass is 294 g/mol. The van der Waals surface area contributed by atoms with Gasteiger partial charge in [0.05, 0.1) is 5.56 Å². The molecule has 0 saturated heterocycles. The van der Waals surface area contributed by atoms with Gasteiger partial charge >= 0.3 is 12.0 Å². The van der Waals surface area contributed by atoms with Crippen LogP contribution in [-0.2, 0) is 11.2 Å². The molecule has 1 atom stereocenters. The molecule has 0 aromatic heterocycles. The van der Waals surface area contributed by atoms with E-state index in [4.69, 9.17) is 9.84 Å². The number of benzene rings is 1. The smallest absolute Gasteiger partial charge is 0.335 e. The molecule has 0 bridgehead atoms. The van der Waals surface area contributed by atoms with Crippen LogP contribution in [0.2, 0.25) is 0 Å². The number of carboxylic acids is 1. The zero-order valence-electron chi connectivity index (χ0n) is 12.4. The van der Waals surface area contributed by atoms with E-state index in [1.165, 1.54) is 0 Å². The third-order valence-electron chi connectivity index (χ3n) is 3.06. The van der Waals surface area contributed by atoms with Crippen molar-refractivity contribution in [3.8, 4) is 0 Å². The molecule has 0 heterocycles. The number of carbonyl (C=O) groups is 2. The SMILES string of the molecule is COCCC(C)NC(=O)NCCc1ccccc1C(=O)O. The van der Waals surface area contributed by atoms with Crippen molar-refractivity contribution < 1.29 is 19.4 Å². The minimum Gasteiger partial charge on any atom is -0.478 e. The molecule has 3 N–H and O–H groups in total. The third kappa shape index (κ3) is 6.27. The van der Waals surface area contributed by atoms with Gasteiger partial charge in [-0.05, 0) is 31.4 Å². The first-order valence-corrected chi connectivity index (χ1v) is 6.89. The summed E-state index contributed by atoms with van der Waals surface area (Å²) >= 11 is 0. The molecule has 1 aromatic carbocycles. The Morgan fingerprint density at radius 3 is 2.71 bits per heavy atom. The third-order valence-corrected chi connectivity index (χ3v) is 3.06. The molecule has 1 unspecified atom stereocenters. The van der Waals surface area contributed by atoms with E-state index in [1.807, 2.05) is 6.92 Å². The van der Waals surface area contributed by atoms with Crippen molar-refractivity contribution in [3.05, 3.63) is 35.4 Å². The van der Waals surface area contributed by atoms with Crippen molar-refractivity contribution in [1.82, 2.24) is 10.6 Å². The predicted octanol–water partition coefficient (Wildman–Crippen LogP) is 1.65. The van der Waals surface area contributed by atoms with Crippen LogP contribution in [0.3, 0.4) is 0 Å². The van der Waals surface area contributed by atoms with Crippen molar-refractivity contribution in [2.75, 3.05) is 20.3 Å². The molecular formula is C15H22N2O4. The number of carbonyl (C=O) groups excluding carboxylic acids is 1. The lowest BCUT2D eigenvalue weighted by atomic mass is 10.0. The van der Waals surface area contributed by atoms with E-state index in [-0.39, 0.29) is 17.6 Å². The van der Waals surface area contributed by atoms with E-state index in [0.29, 0.717) is 25.1 Å². The highest BCUT2D eigenvalue weighted by Gasteiger charge is 2.10. The van der Waals surface area contributed by atoms with Crippen LogP contribution in [0.5, 0.6) is 0 Å². The number of methoxy groups -OCH3 is 1. The van der Waals surface area contributed by atoms with Gasteiger partial charge in [-0.3, -0.25) is 0 Å². The summed E-state index contributed by atoms with van der Waals surface area (Å²) in [5.74, 6) is -0.955. The number of nitrogens with one attached hydrogen (secondary N) is 2. The predicted molar refractivity (Wildman–Crippen MR) is 79.6 cm³/mol. The first-order valence-electron chi connectivity index (χ1n) is 6.89. The van der Waals surface area contributed by atoms with Crippen LogP contribution >= 0.6 is 0 Å². The number of ether oxygens (including phenoxy) is 1. The summed E-state index contributed by atoms with van der Waals surface area (Å²) in [7, 11) is 1.62. The molecule has 0 fully saturated rings. The second-order valence-corrected chi connectivity index (χ2v) is 4.80. The van der Waals surface area contributed by atoms with Gasteiger partial charge in [0, 0.05) is 26.3 Å². The van der Waals surface area contributed by atoms with Gasteiger partial charge in [-0.1, -0.05) is 18.2 Å². The lowest BCUT2D eigenvalue weighted by molar-refractivity contribution is 0.0695. The van der Waals surface area contributed by atoms with E-state index in [0.717, 1.165) is 6.42 Å². The van der Waals surface area contributed by atoms with Crippen LogP contribution < -0.4 is 10.6 Å². The Bertz CT molecular complexity index is 476. The molecule has 0 saturated carbocycles. The second kappa shape index (κ2) is 8.97. The standard InChI is InChI=1S/C15H22N2O4/c1-11(8-10-21-2)17-15(20)16-9-7-12-5-3-4-6-13(12)14(18)19/h3-6,11H,7-10H2,1-2H3,(H,18,19)(H2,16,17,20). The summed E-state index contributed by atoms with van der Waals surface area (Å²) in [5, 5.41) is 14.6. The summed E-state index contributed by atoms with van der Waals surface area (Å²) in [6, 6.07) is 6.55. The van der Waals surface area contributed by atoms with Crippen molar-refractivity contribution in [2.45, 2.75) is 25.8 Å². The quantitative estimate of drug-likeness (QED) is 0.680. The van der Waals surface area contributed by atoms with Crippen LogP contribution in [0.4, 0.5) is 4.79 Å². The molecule has 0 spiro atoms. The van der Waals surface area contributed by atoms with Crippen molar-refractivity contribution in [2.24, 2.45) is 0 Å². The molecule has 0 aliphatic rings. The minimum absolute atomic E-state index is 0.0243. The van der Waals surface area contributed by atoms with Gasteiger partial charge in [0.25, 0.3) is 0 Å². The number of hydrogen-bond donors (Lipinski definition) is 3. The fourth-order valence-corrected chi connectivity index (χ4v) is 1.90. The van der Waals surface area contributed by atoms with Gasteiger partial charge in [-0.2, -0.15) is 0 Å². The number of aromatic carboxylic acids is 1. The van der Waals surface area contributed by atoms with Gasteiger partial charge in [-0.15, -0.1) is 0 Å². The molecule has 21 heavy (non-hydrogen) atoms. The van der Waals surface area contributed by atoms with Crippen molar-refractivity contribution in [1.29, 1.82) is 0 Å². The van der Waals surface area contributed by atoms with E-state index in [9.17, 15) is 9.59 Å². The molecule has 0 radical (unpaired) electrons. The van der Waals surface area contributed by atoms with Crippen molar-refractivity contribution >= 4 is 12.0 Å². The Hall–Kier alpha value is -2.08. The molecule has 2 amide bonds. The number of carboxylic acid groups (broad SMARTS) is 1. The van der Waals surface area contributed by atoms with E-state index >= 15 is 0 Å². The lowest BCUT2D eigenvalue weighted by Gasteiger charge is -2.14. The van der Waals surface area contributed by atoms with Crippen molar-refractivity contribution in [3.63, 3.8) is 0 Å². The maximum atomic E-state index is 11.6. The fourth-order valence-electron chi connectivity index (χ4n) is 1.90. The first kappa shape index (κ1) is 17.0. The fraction of sp³-hybridized carbons (Fsp3) is 0.467. The van der Waals surface area contributed by atoms with Gasteiger partial charge in [0.2, 0.25) is 0 Å². The molecule has 6 heteroatoms. The Labute approximate surface area is 124 Å². The number of hydrogen-bond acceptors (Lipinski definition) is 3. The molecular weight excluding hydrogens is 272 g/mol. The maximum Gasteiger partial charge on any atom is 0.335 e. The van der Waals surface area contributed by atoms with Gasteiger partial charge < -0.3 is 20.5 Å². The van der Waals surface area contributed by atoms with Crippen LogP contribution in [-0.4, -0.2) is 43.4 Å². The van der Waals surface area contributed by atoms with E-state index < -0.39 is 5.97 Å². The molecule has 1 aromatic rings. The summed E-state index contributed by atoms with van der Waals surface area (Å²) in [4.78, 5) is 22.7. The molecule has 116 valence electrons. The minimum atomic E-state index is -0.955. The van der Waals surface area contributed by atoms with Gasteiger partial charge in [-0.25, -0.2) is 9.59 Å². The lowest BCUT2D eigenvalue weighted by Crippen LogP contribution is -2.41. The Morgan fingerprint density at radius 2 is 2.05 bits per heavy atom. The van der Waals surface area contributed by atoms with E-state index in [1.54, 1.807) is 31.4 Å². The summed E-state index contributed by atoms with van der Waals surface area (Å²) in [6.45, 7) is 2.87. The van der Waals surface area contributed by atoms with Crippen LogP contribution in [0, 0.1) is 0 Å². The zero-order chi connectivity index (χ0) is 15.7. The number of urea groups is 1. The number of amides is 2. The number of rotatable bonds is 8. The summed E-state index contributed by atoms with van der Waals surface area (Å²) in [5.41, 5.74) is 0.978. The molecule has 0 aliphatic heterocycles. The summed E-state index contributed by atoms with van der Waals surface area (Å²) < 4.78 is 4.94. The zero-order valence-corrected chi connectivity index (χ0v) is 12.4. The average Bonchev–Trinajstić information content (AvgIpc) is 2.45. The van der Waals surface area contributed by atoms with Gasteiger partial charge in [0.15, 0.2) is 0 Å². The van der Waals surface area contributed by atoms with Gasteiger partial charge in [0.1, 0.15) is 0 Å². The maximum absolute atomic E-state index is 11.6. The van der Waals surface area contributed by atoms with Crippen LogP contribution in [0.25, 0.3) is 0 Å². The van der Waals surface area contributed by atoms with Crippen LogP contribution in [0.1, 0.15) is 29.3 Å². The first-order chi connectivity index (χ1) is 10.0. The topological polar surface area (TPSA) is 87.7 Å². The Kier molecular flexibility index (Phi) is 7.25. The highest BCUT2D eigenvalue weighted by Crippen LogP contribution is 2.08. The average molecular weight is 294 g/mol.